The number of halogens is 3. The molecule has 1 aliphatic carbocycles. The number of hydrogen-bond acceptors (Lipinski definition) is 2. The third-order valence-corrected chi connectivity index (χ3v) is 2.94. The van der Waals surface area contributed by atoms with Gasteiger partial charge in [0.25, 0.3) is 0 Å². The summed E-state index contributed by atoms with van der Waals surface area (Å²) in [5, 5.41) is 3.18. The van der Waals surface area contributed by atoms with Crippen molar-refractivity contribution in [1.82, 2.24) is 10.2 Å². The molecule has 1 N–H and O–H groups in total. The van der Waals surface area contributed by atoms with Gasteiger partial charge >= 0.3 is 6.18 Å². The predicted octanol–water partition coefficient (Wildman–Crippen LogP) is 2.06. The molecule has 0 radical (unpaired) electrons. The predicted molar refractivity (Wildman–Crippen MR) is 55.9 cm³/mol. The van der Waals surface area contributed by atoms with Gasteiger partial charge in [0.15, 0.2) is 0 Å². The number of hydrogen-bond donors (Lipinski definition) is 1. The molecule has 0 amide bonds. The van der Waals surface area contributed by atoms with Crippen LogP contribution < -0.4 is 5.32 Å². The van der Waals surface area contributed by atoms with Crippen molar-refractivity contribution in [2.75, 3.05) is 26.2 Å². The Bertz CT molecular complexity index is 312. The summed E-state index contributed by atoms with van der Waals surface area (Å²) in [6.07, 6.45) is -0.368. The third-order valence-electron chi connectivity index (χ3n) is 2.94. The molecule has 2 rings (SSSR count). The fourth-order valence-corrected chi connectivity index (χ4v) is 2.05. The smallest absolute Gasteiger partial charge is 0.369 e. The summed E-state index contributed by atoms with van der Waals surface area (Å²) in [7, 11) is 0. The van der Waals surface area contributed by atoms with Crippen molar-refractivity contribution in [2.24, 2.45) is 0 Å². The van der Waals surface area contributed by atoms with Crippen molar-refractivity contribution in [3.8, 4) is 0 Å². The number of rotatable bonds is 1. The monoisotopic (exact) mass is 232 g/mol. The maximum Gasteiger partial charge on any atom is 0.412 e. The van der Waals surface area contributed by atoms with E-state index in [9.17, 15) is 13.2 Å². The fraction of sp³-hybridized carbons (Fsp3) is 0.636. The summed E-state index contributed by atoms with van der Waals surface area (Å²) in [6, 6.07) is 0. The topological polar surface area (TPSA) is 15.3 Å². The summed E-state index contributed by atoms with van der Waals surface area (Å²) >= 11 is 0. The van der Waals surface area contributed by atoms with E-state index >= 15 is 0 Å². The lowest BCUT2D eigenvalue weighted by Gasteiger charge is -2.32. The van der Waals surface area contributed by atoms with Gasteiger partial charge in [-0.25, -0.2) is 0 Å². The van der Waals surface area contributed by atoms with Gasteiger partial charge in [-0.2, -0.15) is 13.2 Å². The van der Waals surface area contributed by atoms with E-state index in [1.165, 1.54) is 6.08 Å². The van der Waals surface area contributed by atoms with Gasteiger partial charge < -0.3 is 10.2 Å². The number of alkyl halides is 3. The van der Waals surface area contributed by atoms with Crippen molar-refractivity contribution in [3.63, 3.8) is 0 Å². The van der Waals surface area contributed by atoms with Crippen LogP contribution in [0, 0.1) is 0 Å². The molecule has 2 aliphatic rings. The molecule has 1 fully saturated rings. The molecule has 0 aromatic heterocycles. The highest BCUT2D eigenvalue weighted by molar-refractivity contribution is 5.29. The standard InChI is InChI=1S/C11H15F3N2/c12-11(13,14)9-2-1-3-10(8-9)16-6-4-15-5-7-16/h3,8,15H,1-2,4-7H2. The zero-order valence-corrected chi connectivity index (χ0v) is 8.98. The largest absolute Gasteiger partial charge is 0.412 e. The molecule has 0 bridgehead atoms. The third kappa shape index (κ3) is 2.58. The Morgan fingerprint density at radius 3 is 2.50 bits per heavy atom. The molecular weight excluding hydrogens is 217 g/mol. The lowest BCUT2D eigenvalue weighted by molar-refractivity contribution is -0.0942. The van der Waals surface area contributed by atoms with Gasteiger partial charge in [0, 0.05) is 37.4 Å². The number of nitrogens with one attached hydrogen (secondary N) is 1. The van der Waals surface area contributed by atoms with Crippen LogP contribution in [0.15, 0.2) is 23.4 Å². The SMILES string of the molecule is FC(F)(F)C1=CC(N2CCNCC2)=CCC1. The van der Waals surface area contributed by atoms with Gasteiger partial charge in [0.05, 0.1) is 0 Å². The fourth-order valence-electron chi connectivity index (χ4n) is 2.05. The second-order valence-corrected chi connectivity index (χ2v) is 4.07. The molecule has 90 valence electrons. The zero-order chi connectivity index (χ0) is 11.6. The van der Waals surface area contributed by atoms with Crippen molar-refractivity contribution >= 4 is 0 Å². The van der Waals surface area contributed by atoms with Crippen LogP contribution in [0.5, 0.6) is 0 Å². The van der Waals surface area contributed by atoms with E-state index in [-0.39, 0.29) is 6.42 Å². The summed E-state index contributed by atoms with van der Waals surface area (Å²) in [6.45, 7) is 3.25. The molecule has 1 aliphatic heterocycles. The molecule has 0 aromatic carbocycles. The van der Waals surface area contributed by atoms with Crippen LogP contribution >= 0.6 is 0 Å². The minimum atomic E-state index is -4.17. The molecule has 5 heteroatoms. The Hall–Kier alpha value is -0.970. The van der Waals surface area contributed by atoms with Crippen LogP contribution in [-0.2, 0) is 0 Å². The van der Waals surface area contributed by atoms with Gasteiger partial charge in [-0.1, -0.05) is 6.08 Å². The molecule has 0 unspecified atom stereocenters. The molecule has 0 saturated carbocycles. The number of piperazine rings is 1. The average Bonchev–Trinajstić information content (AvgIpc) is 2.29. The summed E-state index contributed by atoms with van der Waals surface area (Å²) < 4.78 is 37.7. The van der Waals surface area contributed by atoms with Gasteiger partial charge in [0.2, 0.25) is 0 Å². The van der Waals surface area contributed by atoms with Crippen molar-refractivity contribution in [1.29, 1.82) is 0 Å². The quantitative estimate of drug-likeness (QED) is 0.744. The number of allylic oxidation sites excluding steroid dienone is 3. The molecule has 0 spiro atoms. The molecule has 2 nitrogen and oxygen atoms in total. The average molecular weight is 232 g/mol. The van der Waals surface area contributed by atoms with E-state index in [0.717, 1.165) is 31.9 Å². The first-order chi connectivity index (χ1) is 7.57. The molecule has 1 saturated heterocycles. The summed E-state index contributed by atoms with van der Waals surface area (Å²) in [5.74, 6) is 0. The first-order valence-corrected chi connectivity index (χ1v) is 5.51. The maximum atomic E-state index is 12.6. The van der Waals surface area contributed by atoms with Crippen molar-refractivity contribution in [3.05, 3.63) is 23.4 Å². The highest BCUT2D eigenvalue weighted by Gasteiger charge is 2.34. The molecule has 0 aromatic rings. The van der Waals surface area contributed by atoms with Crippen LogP contribution in [-0.4, -0.2) is 37.3 Å². The maximum absolute atomic E-state index is 12.6. The Morgan fingerprint density at radius 1 is 1.19 bits per heavy atom. The van der Waals surface area contributed by atoms with Gasteiger partial charge in [-0.3, -0.25) is 0 Å². The second kappa shape index (κ2) is 4.49. The van der Waals surface area contributed by atoms with E-state index in [2.05, 4.69) is 5.32 Å². The van der Waals surface area contributed by atoms with Crippen LogP contribution in [0.25, 0.3) is 0 Å². The second-order valence-electron chi connectivity index (χ2n) is 4.07. The summed E-state index contributed by atoms with van der Waals surface area (Å²) in [4.78, 5) is 2.02. The molecule has 16 heavy (non-hydrogen) atoms. The highest BCUT2D eigenvalue weighted by atomic mass is 19.4. The Morgan fingerprint density at radius 2 is 1.88 bits per heavy atom. The van der Waals surface area contributed by atoms with Crippen LogP contribution in [0.3, 0.4) is 0 Å². The Kier molecular flexibility index (Phi) is 3.23. The zero-order valence-electron chi connectivity index (χ0n) is 8.98. The van der Waals surface area contributed by atoms with Gasteiger partial charge in [-0.05, 0) is 18.9 Å². The highest BCUT2D eigenvalue weighted by Crippen LogP contribution is 2.33. The Balaban J connectivity index is 2.10. The summed E-state index contributed by atoms with van der Waals surface area (Å²) in [5.41, 5.74) is 0.337. The van der Waals surface area contributed by atoms with E-state index in [1.54, 1.807) is 0 Å². The normalized spacial score (nSPS) is 22.8. The van der Waals surface area contributed by atoms with E-state index in [1.807, 2.05) is 11.0 Å². The van der Waals surface area contributed by atoms with E-state index in [4.69, 9.17) is 0 Å². The first-order valence-electron chi connectivity index (χ1n) is 5.51. The van der Waals surface area contributed by atoms with Gasteiger partial charge in [0.1, 0.15) is 0 Å². The number of nitrogens with zero attached hydrogens (tertiary/aromatic N) is 1. The molecule has 1 heterocycles. The molecular formula is C11H15F3N2. The lowest BCUT2D eigenvalue weighted by atomic mass is 10.0. The van der Waals surface area contributed by atoms with Crippen LogP contribution in [0.4, 0.5) is 13.2 Å². The van der Waals surface area contributed by atoms with Gasteiger partial charge in [-0.15, -0.1) is 0 Å². The first kappa shape index (κ1) is 11.5. The molecule has 0 atom stereocenters. The van der Waals surface area contributed by atoms with Crippen molar-refractivity contribution < 1.29 is 13.2 Å². The lowest BCUT2D eigenvalue weighted by Crippen LogP contribution is -2.42. The van der Waals surface area contributed by atoms with Crippen LogP contribution in [0.1, 0.15) is 12.8 Å². The van der Waals surface area contributed by atoms with E-state index < -0.39 is 11.7 Å². The van der Waals surface area contributed by atoms with E-state index in [0.29, 0.717) is 6.42 Å². The van der Waals surface area contributed by atoms with Crippen LogP contribution in [0.2, 0.25) is 0 Å². The van der Waals surface area contributed by atoms with Crippen molar-refractivity contribution in [2.45, 2.75) is 19.0 Å². The minimum Gasteiger partial charge on any atom is -0.369 e. The Labute approximate surface area is 92.8 Å². The minimum absolute atomic E-state index is 0.110.